The first-order valence-corrected chi connectivity index (χ1v) is 5.21. The number of aryl methyl sites for hydroxylation is 1. The molecule has 4 heteroatoms. The second-order valence-corrected chi connectivity index (χ2v) is 4.20. The number of rotatable bonds is 3. The predicted molar refractivity (Wildman–Crippen MR) is 59.5 cm³/mol. The Morgan fingerprint density at radius 1 is 1.67 bits per heavy atom. The lowest BCUT2D eigenvalue weighted by atomic mass is 9.93. The number of hydrogen-bond acceptors (Lipinski definition) is 2. The molecule has 0 heterocycles. The molecule has 0 aliphatic rings. The zero-order valence-electron chi connectivity index (χ0n) is 8.20. The van der Waals surface area contributed by atoms with E-state index in [-0.39, 0.29) is 6.42 Å². The lowest BCUT2D eigenvalue weighted by Gasteiger charge is -2.10. The van der Waals surface area contributed by atoms with Crippen LogP contribution < -0.4 is 0 Å². The Balaban J connectivity index is 3.03. The van der Waals surface area contributed by atoms with Gasteiger partial charge in [0.2, 0.25) is 0 Å². The second-order valence-electron chi connectivity index (χ2n) is 3.28. The van der Waals surface area contributed by atoms with E-state index >= 15 is 0 Å². The van der Waals surface area contributed by atoms with Gasteiger partial charge in [-0.05, 0) is 30.2 Å². The van der Waals surface area contributed by atoms with Gasteiger partial charge in [0.25, 0.3) is 0 Å². The number of aliphatic carboxylic acids is 1. The smallest absolute Gasteiger partial charge is 0.305 e. The lowest BCUT2D eigenvalue weighted by Crippen LogP contribution is -2.05. The lowest BCUT2D eigenvalue weighted by molar-refractivity contribution is -0.137. The Morgan fingerprint density at radius 2 is 2.33 bits per heavy atom. The fraction of sp³-hybridized carbons (Fsp3) is 0.273. The normalized spacial score (nSPS) is 11.8. The van der Waals surface area contributed by atoms with Gasteiger partial charge in [-0.25, -0.2) is 0 Å². The molecule has 1 N–H and O–H groups in total. The van der Waals surface area contributed by atoms with Crippen LogP contribution in [0.4, 0.5) is 0 Å². The van der Waals surface area contributed by atoms with Crippen LogP contribution in [0.15, 0.2) is 22.7 Å². The molecule has 0 saturated carbocycles. The highest BCUT2D eigenvalue weighted by Crippen LogP contribution is 2.25. The maximum absolute atomic E-state index is 10.6. The van der Waals surface area contributed by atoms with Crippen molar-refractivity contribution < 1.29 is 9.90 Å². The zero-order valence-corrected chi connectivity index (χ0v) is 9.78. The molecule has 0 aliphatic carbocycles. The van der Waals surface area contributed by atoms with Crippen molar-refractivity contribution in [2.24, 2.45) is 0 Å². The molecule has 0 bridgehead atoms. The van der Waals surface area contributed by atoms with Crippen LogP contribution in [0.25, 0.3) is 0 Å². The zero-order chi connectivity index (χ0) is 11.4. The number of nitriles is 1. The Bertz CT molecular complexity index is 423. The molecule has 1 rings (SSSR count). The van der Waals surface area contributed by atoms with Crippen LogP contribution in [0, 0.1) is 18.3 Å². The Labute approximate surface area is 96.5 Å². The van der Waals surface area contributed by atoms with E-state index in [0.29, 0.717) is 0 Å². The van der Waals surface area contributed by atoms with Gasteiger partial charge in [0.1, 0.15) is 0 Å². The molecular weight excluding hydrogens is 258 g/mol. The van der Waals surface area contributed by atoms with Crippen LogP contribution in [-0.2, 0) is 4.79 Å². The Kier molecular flexibility index (Phi) is 3.87. The minimum Gasteiger partial charge on any atom is -0.481 e. The molecule has 1 atom stereocenters. The molecular formula is C11H10BrNO2. The molecule has 1 unspecified atom stereocenters. The van der Waals surface area contributed by atoms with Gasteiger partial charge < -0.3 is 5.11 Å². The molecule has 0 aromatic heterocycles. The minimum atomic E-state index is -0.955. The molecule has 15 heavy (non-hydrogen) atoms. The monoisotopic (exact) mass is 267 g/mol. The van der Waals surface area contributed by atoms with E-state index in [9.17, 15) is 4.79 Å². The first kappa shape index (κ1) is 11.7. The maximum atomic E-state index is 10.6. The fourth-order valence-electron chi connectivity index (χ4n) is 1.43. The summed E-state index contributed by atoms with van der Waals surface area (Å²) in [5.74, 6) is -1.53. The van der Waals surface area contributed by atoms with Crippen molar-refractivity contribution in [1.82, 2.24) is 0 Å². The molecule has 3 nitrogen and oxygen atoms in total. The first-order valence-electron chi connectivity index (χ1n) is 4.42. The Hall–Kier alpha value is -1.34. The third-order valence-corrected chi connectivity index (χ3v) is 2.64. The van der Waals surface area contributed by atoms with Crippen molar-refractivity contribution in [2.45, 2.75) is 19.3 Å². The SMILES string of the molecule is Cc1cc(Br)ccc1C(C#N)CC(=O)O. The summed E-state index contributed by atoms with van der Waals surface area (Å²) in [5.41, 5.74) is 1.71. The topological polar surface area (TPSA) is 61.1 Å². The van der Waals surface area contributed by atoms with Crippen molar-refractivity contribution in [2.75, 3.05) is 0 Å². The third kappa shape index (κ3) is 3.07. The molecule has 1 aromatic carbocycles. The van der Waals surface area contributed by atoms with E-state index in [0.717, 1.165) is 15.6 Å². The van der Waals surface area contributed by atoms with Gasteiger partial charge >= 0.3 is 5.97 Å². The molecule has 0 fully saturated rings. The van der Waals surface area contributed by atoms with Crippen LogP contribution >= 0.6 is 15.9 Å². The largest absolute Gasteiger partial charge is 0.481 e. The highest BCUT2D eigenvalue weighted by molar-refractivity contribution is 9.10. The van der Waals surface area contributed by atoms with Gasteiger partial charge in [-0.3, -0.25) is 4.79 Å². The number of carboxylic acid groups (broad SMARTS) is 1. The summed E-state index contributed by atoms with van der Waals surface area (Å²) in [7, 11) is 0. The van der Waals surface area contributed by atoms with E-state index < -0.39 is 11.9 Å². The van der Waals surface area contributed by atoms with E-state index in [1.54, 1.807) is 6.07 Å². The van der Waals surface area contributed by atoms with E-state index in [1.807, 2.05) is 25.1 Å². The van der Waals surface area contributed by atoms with Gasteiger partial charge in [0.15, 0.2) is 0 Å². The average Bonchev–Trinajstić information content (AvgIpc) is 2.14. The average molecular weight is 268 g/mol. The highest BCUT2D eigenvalue weighted by Gasteiger charge is 2.16. The van der Waals surface area contributed by atoms with Crippen LogP contribution in [0.3, 0.4) is 0 Å². The summed E-state index contributed by atoms with van der Waals surface area (Å²) in [6.07, 6.45) is -0.154. The number of carbonyl (C=O) groups is 1. The summed E-state index contributed by atoms with van der Waals surface area (Å²) in [6.45, 7) is 1.87. The van der Waals surface area contributed by atoms with Crippen LogP contribution in [0.1, 0.15) is 23.5 Å². The number of nitrogens with zero attached hydrogens (tertiary/aromatic N) is 1. The van der Waals surface area contributed by atoms with Crippen LogP contribution in [0.5, 0.6) is 0 Å². The van der Waals surface area contributed by atoms with Gasteiger partial charge in [0.05, 0.1) is 18.4 Å². The molecule has 0 spiro atoms. The Morgan fingerprint density at radius 3 is 2.80 bits per heavy atom. The summed E-state index contributed by atoms with van der Waals surface area (Å²) >= 11 is 3.32. The van der Waals surface area contributed by atoms with Crippen LogP contribution in [-0.4, -0.2) is 11.1 Å². The van der Waals surface area contributed by atoms with Crippen molar-refractivity contribution in [3.8, 4) is 6.07 Å². The maximum Gasteiger partial charge on any atom is 0.305 e. The fourth-order valence-corrected chi connectivity index (χ4v) is 1.91. The summed E-state index contributed by atoms with van der Waals surface area (Å²) in [5, 5.41) is 17.6. The summed E-state index contributed by atoms with van der Waals surface area (Å²) < 4.78 is 0.927. The van der Waals surface area contributed by atoms with Gasteiger partial charge in [-0.2, -0.15) is 5.26 Å². The van der Waals surface area contributed by atoms with E-state index in [2.05, 4.69) is 15.9 Å². The van der Waals surface area contributed by atoms with Crippen molar-refractivity contribution >= 4 is 21.9 Å². The van der Waals surface area contributed by atoms with Gasteiger partial charge in [-0.1, -0.05) is 22.0 Å². The highest BCUT2D eigenvalue weighted by atomic mass is 79.9. The third-order valence-electron chi connectivity index (χ3n) is 2.14. The number of carboxylic acids is 1. The first-order chi connectivity index (χ1) is 7.04. The van der Waals surface area contributed by atoms with Crippen molar-refractivity contribution in [3.05, 3.63) is 33.8 Å². The number of hydrogen-bond donors (Lipinski definition) is 1. The van der Waals surface area contributed by atoms with Gasteiger partial charge in [0, 0.05) is 4.47 Å². The second kappa shape index (κ2) is 4.94. The molecule has 78 valence electrons. The molecule has 0 saturated heterocycles. The quantitative estimate of drug-likeness (QED) is 0.916. The van der Waals surface area contributed by atoms with Crippen LogP contribution in [0.2, 0.25) is 0 Å². The van der Waals surface area contributed by atoms with Crippen molar-refractivity contribution in [3.63, 3.8) is 0 Å². The number of benzene rings is 1. The van der Waals surface area contributed by atoms with Gasteiger partial charge in [-0.15, -0.1) is 0 Å². The van der Waals surface area contributed by atoms with Crippen molar-refractivity contribution in [1.29, 1.82) is 5.26 Å². The summed E-state index contributed by atoms with van der Waals surface area (Å²) in [6, 6.07) is 7.49. The molecule has 0 radical (unpaired) electrons. The standard InChI is InChI=1S/C11H10BrNO2/c1-7-4-9(12)2-3-10(7)8(6-13)5-11(14)15/h2-4,8H,5H2,1H3,(H,14,15). The minimum absolute atomic E-state index is 0.154. The molecule has 0 amide bonds. The van der Waals surface area contributed by atoms with E-state index in [4.69, 9.17) is 10.4 Å². The summed E-state index contributed by atoms with van der Waals surface area (Å²) in [4.78, 5) is 10.6. The molecule has 0 aliphatic heterocycles. The molecule has 1 aromatic rings. The number of halogens is 1. The van der Waals surface area contributed by atoms with E-state index in [1.165, 1.54) is 0 Å². The predicted octanol–water partition coefficient (Wildman–Crippen LogP) is 2.84.